The maximum Gasteiger partial charge on any atom is 0.222 e. The Hall–Kier alpha value is -1.95. The van der Waals surface area contributed by atoms with Gasteiger partial charge in [0.25, 0.3) is 0 Å². The molecule has 0 bridgehead atoms. The Balaban J connectivity index is 1.44. The van der Waals surface area contributed by atoms with Gasteiger partial charge in [-0.1, -0.05) is 12.1 Å². The number of carbonyl (C=O) groups is 2. The summed E-state index contributed by atoms with van der Waals surface area (Å²) in [5.74, 6) is 0.606. The third kappa shape index (κ3) is 4.06. The molecule has 1 atom stereocenters. The van der Waals surface area contributed by atoms with E-state index in [0.29, 0.717) is 51.5 Å². The summed E-state index contributed by atoms with van der Waals surface area (Å²) in [6.45, 7) is 3.26. The molecule has 2 saturated heterocycles. The molecule has 140 valence electrons. The molecule has 1 N–H and O–H groups in total. The first-order valence-corrected chi connectivity index (χ1v) is 9.57. The van der Waals surface area contributed by atoms with Gasteiger partial charge in [-0.15, -0.1) is 0 Å². The molecular formula is C20H26FN3O2. The van der Waals surface area contributed by atoms with Gasteiger partial charge in [0, 0.05) is 45.6 Å². The summed E-state index contributed by atoms with van der Waals surface area (Å²) in [6, 6.07) is 6.62. The van der Waals surface area contributed by atoms with Crippen LogP contribution in [-0.4, -0.2) is 53.3 Å². The summed E-state index contributed by atoms with van der Waals surface area (Å²) in [5, 5.41) is 3.19. The molecule has 1 aromatic carbocycles. The topological polar surface area (TPSA) is 52.7 Å². The number of likely N-dealkylation sites (tertiary alicyclic amines) is 1. The fourth-order valence-electron chi connectivity index (χ4n) is 4.21. The third-order valence-corrected chi connectivity index (χ3v) is 5.75. The van der Waals surface area contributed by atoms with E-state index in [-0.39, 0.29) is 23.2 Å². The van der Waals surface area contributed by atoms with Gasteiger partial charge in [-0.25, -0.2) is 4.39 Å². The van der Waals surface area contributed by atoms with E-state index in [2.05, 4.69) is 10.2 Å². The first kappa shape index (κ1) is 17.5. The number of benzene rings is 1. The first-order valence-electron chi connectivity index (χ1n) is 9.57. The Bertz CT molecular complexity index is 706. The van der Waals surface area contributed by atoms with E-state index in [1.807, 2.05) is 11.0 Å². The van der Waals surface area contributed by atoms with E-state index in [9.17, 15) is 14.0 Å². The second kappa shape index (κ2) is 6.99. The van der Waals surface area contributed by atoms with Crippen molar-refractivity contribution in [3.05, 3.63) is 35.6 Å². The Morgan fingerprint density at radius 3 is 2.88 bits per heavy atom. The summed E-state index contributed by atoms with van der Waals surface area (Å²) in [6.07, 6.45) is 4.21. The Morgan fingerprint density at radius 1 is 1.27 bits per heavy atom. The van der Waals surface area contributed by atoms with Gasteiger partial charge < -0.3 is 10.2 Å². The largest absolute Gasteiger partial charge is 0.347 e. The van der Waals surface area contributed by atoms with E-state index in [1.54, 1.807) is 12.1 Å². The molecule has 6 heteroatoms. The summed E-state index contributed by atoms with van der Waals surface area (Å²) in [5.41, 5.74) is 0.536. The van der Waals surface area contributed by atoms with Crippen LogP contribution in [0.2, 0.25) is 0 Å². The lowest BCUT2D eigenvalue weighted by Crippen LogP contribution is -2.55. The first-order chi connectivity index (χ1) is 12.5. The monoisotopic (exact) mass is 359 g/mol. The van der Waals surface area contributed by atoms with Crippen LogP contribution in [0.15, 0.2) is 24.3 Å². The van der Waals surface area contributed by atoms with Gasteiger partial charge in [0.1, 0.15) is 5.82 Å². The number of nitrogens with one attached hydrogen (secondary N) is 1. The molecule has 2 amide bonds. The zero-order valence-corrected chi connectivity index (χ0v) is 15.0. The maximum absolute atomic E-state index is 13.5. The summed E-state index contributed by atoms with van der Waals surface area (Å²) < 4.78 is 13.5. The Kier molecular flexibility index (Phi) is 4.69. The van der Waals surface area contributed by atoms with E-state index in [1.165, 1.54) is 18.9 Å². The normalized spacial score (nSPS) is 26.8. The van der Waals surface area contributed by atoms with Crippen molar-refractivity contribution >= 4 is 11.8 Å². The van der Waals surface area contributed by atoms with Gasteiger partial charge in [0.05, 0.1) is 5.54 Å². The molecule has 5 nitrogen and oxygen atoms in total. The molecule has 4 rings (SSSR count). The van der Waals surface area contributed by atoms with Crippen LogP contribution in [0, 0.1) is 11.7 Å². The standard InChI is InChI=1S/C20H26FN3O2/c21-17-3-1-2-16(10-17)12-23-8-6-18(25)22-20(13-23)7-9-24(14-20)19(26)11-15-4-5-15/h1-3,10,15H,4-9,11-14H2,(H,22,25). The molecule has 1 aromatic rings. The Labute approximate surface area is 153 Å². The molecule has 1 aliphatic carbocycles. The molecular weight excluding hydrogens is 333 g/mol. The summed E-state index contributed by atoms with van der Waals surface area (Å²) in [7, 11) is 0. The van der Waals surface area contributed by atoms with Crippen molar-refractivity contribution < 1.29 is 14.0 Å². The SMILES string of the molecule is O=C1CCN(Cc2cccc(F)c2)CC2(CCN(C(=O)CC3CC3)C2)N1. The molecule has 2 aliphatic heterocycles. The van der Waals surface area contributed by atoms with Gasteiger partial charge in [-0.2, -0.15) is 0 Å². The number of nitrogens with zero attached hydrogens (tertiary/aromatic N) is 2. The van der Waals surface area contributed by atoms with Crippen molar-refractivity contribution in [2.75, 3.05) is 26.2 Å². The smallest absolute Gasteiger partial charge is 0.222 e. The van der Waals surface area contributed by atoms with Crippen LogP contribution < -0.4 is 5.32 Å². The second-order valence-corrected chi connectivity index (χ2v) is 8.13. The highest BCUT2D eigenvalue weighted by Gasteiger charge is 2.44. The molecule has 1 spiro atoms. The van der Waals surface area contributed by atoms with Gasteiger partial charge in [-0.05, 0) is 42.9 Å². The number of amides is 2. The lowest BCUT2D eigenvalue weighted by atomic mass is 9.97. The molecule has 26 heavy (non-hydrogen) atoms. The minimum Gasteiger partial charge on any atom is -0.347 e. The van der Waals surface area contributed by atoms with E-state index < -0.39 is 0 Å². The van der Waals surface area contributed by atoms with Crippen LogP contribution in [-0.2, 0) is 16.1 Å². The second-order valence-electron chi connectivity index (χ2n) is 8.13. The number of hydrogen-bond donors (Lipinski definition) is 1. The van der Waals surface area contributed by atoms with Crippen LogP contribution >= 0.6 is 0 Å². The van der Waals surface area contributed by atoms with Crippen molar-refractivity contribution in [1.29, 1.82) is 0 Å². The van der Waals surface area contributed by atoms with Crippen LogP contribution in [0.3, 0.4) is 0 Å². The van der Waals surface area contributed by atoms with E-state index in [0.717, 1.165) is 12.0 Å². The maximum atomic E-state index is 13.5. The lowest BCUT2D eigenvalue weighted by Gasteiger charge is -2.33. The average Bonchev–Trinajstić information content (AvgIpc) is 3.33. The molecule has 1 saturated carbocycles. The number of hydrogen-bond acceptors (Lipinski definition) is 3. The lowest BCUT2D eigenvalue weighted by molar-refractivity contribution is -0.131. The van der Waals surface area contributed by atoms with Crippen molar-refractivity contribution in [2.24, 2.45) is 5.92 Å². The van der Waals surface area contributed by atoms with E-state index >= 15 is 0 Å². The molecule has 3 fully saturated rings. The highest BCUT2D eigenvalue weighted by Crippen LogP contribution is 2.34. The average molecular weight is 359 g/mol. The fourth-order valence-corrected chi connectivity index (χ4v) is 4.21. The molecule has 0 radical (unpaired) electrons. The van der Waals surface area contributed by atoms with Gasteiger partial charge in [-0.3, -0.25) is 14.5 Å². The molecule has 0 aromatic heterocycles. The number of rotatable bonds is 4. The highest BCUT2D eigenvalue weighted by atomic mass is 19.1. The van der Waals surface area contributed by atoms with Crippen molar-refractivity contribution in [3.8, 4) is 0 Å². The van der Waals surface area contributed by atoms with Gasteiger partial charge >= 0.3 is 0 Å². The minimum atomic E-state index is -0.375. The summed E-state index contributed by atoms with van der Waals surface area (Å²) in [4.78, 5) is 28.8. The van der Waals surface area contributed by atoms with E-state index in [4.69, 9.17) is 0 Å². The summed E-state index contributed by atoms with van der Waals surface area (Å²) >= 11 is 0. The minimum absolute atomic E-state index is 0.0447. The van der Waals surface area contributed by atoms with Crippen LogP contribution in [0.4, 0.5) is 4.39 Å². The number of carbonyl (C=O) groups excluding carboxylic acids is 2. The van der Waals surface area contributed by atoms with Crippen LogP contribution in [0.25, 0.3) is 0 Å². The van der Waals surface area contributed by atoms with Gasteiger partial charge in [0.15, 0.2) is 0 Å². The molecule has 3 aliphatic rings. The predicted octanol–water partition coefficient (Wildman–Crippen LogP) is 1.92. The zero-order chi connectivity index (χ0) is 18.1. The molecule has 1 unspecified atom stereocenters. The zero-order valence-electron chi connectivity index (χ0n) is 15.0. The Morgan fingerprint density at radius 2 is 2.12 bits per heavy atom. The predicted molar refractivity (Wildman–Crippen MR) is 95.7 cm³/mol. The van der Waals surface area contributed by atoms with Crippen molar-refractivity contribution in [2.45, 2.75) is 44.2 Å². The number of halogens is 1. The van der Waals surface area contributed by atoms with Crippen molar-refractivity contribution in [1.82, 2.24) is 15.1 Å². The fraction of sp³-hybridized carbons (Fsp3) is 0.600. The van der Waals surface area contributed by atoms with Crippen LogP contribution in [0.1, 0.15) is 37.7 Å². The third-order valence-electron chi connectivity index (χ3n) is 5.75. The van der Waals surface area contributed by atoms with Gasteiger partial charge in [0.2, 0.25) is 11.8 Å². The highest BCUT2D eigenvalue weighted by molar-refractivity contribution is 5.79. The quantitative estimate of drug-likeness (QED) is 0.894. The molecule has 2 heterocycles. The van der Waals surface area contributed by atoms with Crippen LogP contribution in [0.5, 0.6) is 0 Å². The van der Waals surface area contributed by atoms with Crippen molar-refractivity contribution in [3.63, 3.8) is 0 Å².